The quantitative estimate of drug-likeness (QED) is 0.793. The van der Waals surface area contributed by atoms with Gasteiger partial charge in [-0.2, -0.15) is 0 Å². The first-order valence-electron chi connectivity index (χ1n) is 7.51. The van der Waals surface area contributed by atoms with Gasteiger partial charge in [0.15, 0.2) is 5.78 Å². The lowest BCUT2D eigenvalue weighted by molar-refractivity contribution is 0.0764. The van der Waals surface area contributed by atoms with Crippen LogP contribution in [0.15, 0.2) is 18.2 Å². The molecule has 0 amide bonds. The molecule has 20 heavy (non-hydrogen) atoms. The van der Waals surface area contributed by atoms with Gasteiger partial charge in [0.05, 0.1) is 12.7 Å². The SMILES string of the molecule is COc1cc(C)ccc1C(=O)C1CC2CCC(C1)N2C. The molecule has 2 heterocycles. The number of hydrogen-bond acceptors (Lipinski definition) is 3. The smallest absolute Gasteiger partial charge is 0.169 e. The third-order valence-electron chi connectivity index (χ3n) is 5.09. The fourth-order valence-electron chi connectivity index (χ4n) is 3.85. The maximum Gasteiger partial charge on any atom is 0.169 e. The van der Waals surface area contributed by atoms with E-state index in [2.05, 4.69) is 11.9 Å². The Balaban J connectivity index is 1.83. The van der Waals surface area contributed by atoms with Crippen molar-refractivity contribution in [2.24, 2.45) is 5.92 Å². The van der Waals surface area contributed by atoms with Crippen molar-refractivity contribution >= 4 is 5.78 Å². The average molecular weight is 273 g/mol. The summed E-state index contributed by atoms with van der Waals surface area (Å²) >= 11 is 0. The van der Waals surface area contributed by atoms with Crippen LogP contribution in [0.4, 0.5) is 0 Å². The molecule has 2 saturated heterocycles. The van der Waals surface area contributed by atoms with Crippen LogP contribution < -0.4 is 4.74 Å². The number of benzene rings is 1. The molecule has 1 aromatic rings. The van der Waals surface area contributed by atoms with Gasteiger partial charge in [0, 0.05) is 18.0 Å². The molecule has 108 valence electrons. The normalized spacial score (nSPS) is 29.4. The van der Waals surface area contributed by atoms with Gasteiger partial charge in [0.1, 0.15) is 5.75 Å². The summed E-state index contributed by atoms with van der Waals surface area (Å²) in [6.07, 6.45) is 4.50. The van der Waals surface area contributed by atoms with E-state index in [-0.39, 0.29) is 11.7 Å². The highest BCUT2D eigenvalue weighted by Gasteiger charge is 2.41. The second-order valence-corrected chi connectivity index (χ2v) is 6.29. The Bertz CT molecular complexity index is 512. The molecule has 3 rings (SSSR count). The molecular weight excluding hydrogens is 250 g/mol. The number of carbonyl (C=O) groups is 1. The van der Waals surface area contributed by atoms with E-state index in [0.29, 0.717) is 12.1 Å². The van der Waals surface area contributed by atoms with Gasteiger partial charge in [-0.05, 0) is 57.4 Å². The minimum Gasteiger partial charge on any atom is -0.496 e. The van der Waals surface area contributed by atoms with Gasteiger partial charge in [-0.25, -0.2) is 0 Å². The van der Waals surface area contributed by atoms with Crippen LogP contribution in [0, 0.1) is 12.8 Å². The summed E-state index contributed by atoms with van der Waals surface area (Å²) in [6.45, 7) is 2.02. The fraction of sp³-hybridized carbons (Fsp3) is 0.588. The van der Waals surface area contributed by atoms with E-state index in [1.165, 1.54) is 12.8 Å². The molecule has 0 saturated carbocycles. The number of nitrogens with zero attached hydrogens (tertiary/aromatic N) is 1. The molecule has 2 fully saturated rings. The van der Waals surface area contributed by atoms with Crippen molar-refractivity contribution in [1.29, 1.82) is 0 Å². The zero-order chi connectivity index (χ0) is 14.3. The van der Waals surface area contributed by atoms with Gasteiger partial charge < -0.3 is 9.64 Å². The predicted octanol–water partition coefficient (Wildman–Crippen LogP) is 3.06. The summed E-state index contributed by atoms with van der Waals surface area (Å²) in [7, 11) is 3.85. The highest BCUT2D eigenvalue weighted by atomic mass is 16.5. The lowest BCUT2D eigenvalue weighted by Gasteiger charge is -2.35. The van der Waals surface area contributed by atoms with Crippen molar-refractivity contribution in [2.75, 3.05) is 14.2 Å². The maximum atomic E-state index is 12.8. The largest absolute Gasteiger partial charge is 0.496 e. The second kappa shape index (κ2) is 5.21. The molecule has 2 aliphatic rings. The van der Waals surface area contributed by atoms with E-state index in [9.17, 15) is 4.79 Å². The van der Waals surface area contributed by atoms with Gasteiger partial charge in [-0.3, -0.25) is 4.79 Å². The van der Waals surface area contributed by atoms with Crippen LogP contribution in [0.2, 0.25) is 0 Å². The molecule has 2 aliphatic heterocycles. The Morgan fingerprint density at radius 3 is 2.50 bits per heavy atom. The van der Waals surface area contributed by atoms with Crippen LogP contribution in [0.25, 0.3) is 0 Å². The van der Waals surface area contributed by atoms with Gasteiger partial charge >= 0.3 is 0 Å². The molecule has 3 heteroatoms. The number of ketones is 1. The van der Waals surface area contributed by atoms with Crippen molar-refractivity contribution < 1.29 is 9.53 Å². The Morgan fingerprint density at radius 2 is 1.90 bits per heavy atom. The molecule has 0 N–H and O–H groups in total. The molecule has 2 unspecified atom stereocenters. The first-order valence-corrected chi connectivity index (χ1v) is 7.51. The number of rotatable bonds is 3. The molecule has 3 nitrogen and oxygen atoms in total. The molecule has 0 radical (unpaired) electrons. The minimum absolute atomic E-state index is 0.167. The minimum atomic E-state index is 0.167. The summed E-state index contributed by atoms with van der Waals surface area (Å²) in [4.78, 5) is 15.3. The average Bonchev–Trinajstić information content (AvgIpc) is 2.68. The first kappa shape index (κ1) is 13.6. The van der Waals surface area contributed by atoms with Crippen molar-refractivity contribution in [3.8, 4) is 5.75 Å². The van der Waals surface area contributed by atoms with Crippen LogP contribution in [0.5, 0.6) is 5.75 Å². The van der Waals surface area contributed by atoms with Crippen LogP contribution in [0.3, 0.4) is 0 Å². The van der Waals surface area contributed by atoms with Crippen LogP contribution in [-0.2, 0) is 0 Å². The number of fused-ring (bicyclic) bond motifs is 2. The molecule has 2 atom stereocenters. The van der Waals surface area contributed by atoms with Gasteiger partial charge in [-0.15, -0.1) is 0 Å². The highest BCUT2D eigenvalue weighted by Crippen LogP contribution is 2.39. The van der Waals surface area contributed by atoms with E-state index in [0.717, 1.165) is 29.7 Å². The van der Waals surface area contributed by atoms with Gasteiger partial charge in [0.2, 0.25) is 0 Å². The van der Waals surface area contributed by atoms with Crippen molar-refractivity contribution in [2.45, 2.75) is 44.7 Å². The van der Waals surface area contributed by atoms with Crippen LogP contribution in [0.1, 0.15) is 41.6 Å². The fourth-order valence-corrected chi connectivity index (χ4v) is 3.85. The molecular formula is C17H23NO2. The highest BCUT2D eigenvalue weighted by molar-refractivity contribution is 6.00. The van der Waals surface area contributed by atoms with E-state index >= 15 is 0 Å². The number of hydrogen-bond donors (Lipinski definition) is 0. The number of methoxy groups -OCH3 is 1. The summed E-state index contributed by atoms with van der Waals surface area (Å²) in [5, 5.41) is 0. The summed E-state index contributed by atoms with van der Waals surface area (Å²) < 4.78 is 5.40. The standard InChI is InChI=1S/C17H23NO2/c1-11-4-7-15(16(8-11)20-3)17(19)12-9-13-5-6-14(10-12)18(13)2/h4,7-8,12-14H,5-6,9-10H2,1-3H3. The Morgan fingerprint density at radius 1 is 1.25 bits per heavy atom. The lowest BCUT2D eigenvalue weighted by Crippen LogP contribution is -2.42. The third kappa shape index (κ3) is 2.24. The summed E-state index contributed by atoms with van der Waals surface area (Å²) in [5.41, 5.74) is 1.88. The summed E-state index contributed by atoms with van der Waals surface area (Å²) in [6, 6.07) is 7.07. The van der Waals surface area contributed by atoms with Crippen LogP contribution in [-0.4, -0.2) is 36.9 Å². The Labute approximate surface area is 120 Å². The predicted molar refractivity (Wildman–Crippen MR) is 79.4 cm³/mol. The van der Waals surface area contributed by atoms with Crippen molar-refractivity contribution in [1.82, 2.24) is 4.90 Å². The van der Waals surface area contributed by atoms with E-state index in [4.69, 9.17) is 4.74 Å². The molecule has 1 aromatic carbocycles. The molecule has 0 aromatic heterocycles. The summed E-state index contributed by atoms with van der Waals surface area (Å²) in [5.74, 6) is 1.16. The third-order valence-corrected chi connectivity index (χ3v) is 5.09. The molecule has 0 aliphatic carbocycles. The van der Waals surface area contributed by atoms with E-state index in [1.54, 1.807) is 7.11 Å². The number of carbonyl (C=O) groups excluding carboxylic acids is 1. The van der Waals surface area contributed by atoms with Crippen LogP contribution >= 0.6 is 0 Å². The number of Topliss-reactive ketones (excluding diaryl/α,β-unsaturated/α-hetero) is 1. The zero-order valence-electron chi connectivity index (χ0n) is 12.6. The van der Waals surface area contributed by atoms with Gasteiger partial charge in [-0.1, -0.05) is 6.07 Å². The zero-order valence-corrected chi connectivity index (χ0v) is 12.6. The Hall–Kier alpha value is -1.35. The monoisotopic (exact) mass is 273 g/mol. The van der Waals surface area contributed by atoms with Gasteiger partial charge in [0.25, 0.3) is 0 Å². The molecule has 0 spiro atoms. The number of ether oxygens (including phenoxy) is 1. The van der Waals surface area contributed by atoms with E-state index < -0.39 is 0 Å². The topological polar surface area (TPSA) is 29.5 Å². The maximum absolute atomic E-state index is 12.8. The van der Waals surface area contributed by atoms with Crippen molar-refractivity contribution in [3.63, 3.8) is 0 Å². The van der Waals surface area contributed by atoms with Crippen molar-refractivity contribution in [3.05, 3.63) is 29.3 Å². The second-order valence-electron chi connectivity index (χ2n) is 6.29. The first-order chi connectivity index (χ1) is 9.60. The lowest BCUT2D eigenvalue weighted by atomic mass is 9.84. The number of aryl methyl sites for hydroxylation is 1. The Kier molecular flexibility index (Phi) is 3.55. The molecule has 2 bridgehead atoms. The van der Waals surface area contributed by atoms with E-state index in [1.807, 2.05) is 25.1 Å². The number of piperidine rings is 1.